The van der Waals surface area contributed by atoms with Crippen molar-refractivity contribution in [2.45, 2.75) is 32.4 Å². The first-order valence-electron chi connectivity index (χ1n) is 11.7. The maximum Gasteiger partial charge on any atom is 0.261 e. The lowest BCUT2D eigenvalue weighted by atomic mass is 10.0. The Bertz CT molecular complexity index is 1140. The summed E-state index contributed by atoms with van der Waals surface area (Å²) in [6.45, 7) is 2.22. The second kappa shape index (κ2) is 13.8. The number of rotatable bonds is 12. The number of hydrogen-bond acceptors (Lipinski definition) is 4. The summed E-state index contributed by atoms with van der Waals surface area (Å²) in [5, 5.41) is 3.77. The van der Waals surface area contributed by atoms with Gasteiger partial charge < -0.3 is 19.7 Å². The summed E-state index contributed by atoms with van der Waals surface area (Å²) in [6, 6.07) is 21.0. The second-order valence-corrected chi connectivity index (χ2v) is 8.97. The number of nitrogens with zero attached hydrogens (tertiary/aromatic N) is 1. The molecule has 0 aliphatic heterocycles. The summed E-state index contributed by atoms with van der Waals surface area (Å²) >= 11 is 12.9. The molecule has 1 N–H and O–H groups in total. The van der Waals surface area contributed by atoms with Gasteiger partial charge in [-0.1, -0.05) is 78.7 Å². The maximum atomic E-state index is 13.6. The molecule has 0 spiro atoms. The maximum absolute atomic E-state index is 13.6. The molecular formula is C28H30Cl2N2O4. The minimum atomic E-state index is -0.806. The lowest BCUT2D eigenvalue weighted by Crippen LogP contribution is -2.51. The van der Waals surface area contributed by atoms with E-state index >= 15 is 0 Å². The fraction of sp³-hybridized carbons (Fsp3) is 0.286. The zero-order chi connectivity index (χ0) is 25.9. The average molecular weight is 529 g/mol. The van der Waals surface area contributed by atoms with Gasteiger partial charge in [-0.25, -0.2) is 0 Å². The molecule has 3 aromatic carbocycles. The number of nitrogens with one attached hydrogen (secondary N) is 1. The number of ether oxygens (including phenoxy) is 2. The minimum Gasteiger partial charge on any atom is -0.493 e. The van der Waals surface area contributed by atoms with E-state index in [-0.39, 0.29) is 25.0 Å². The lowest BCUT2D eigenvalue weighted by molar-refractivity contribution is -0.142. The molecule has 0 radical (unpaired) electrons. The Kier molecular flexibility index (Phi) is 10.5. The Hall–Kier alpha value is -3.22. The molecule has 0 aromatic heterocycles. The molecule has 6 nitrogen and oxygen atoms in total. The molecule has 3 aromatic rings. The molecule has 36 heavy (non-hydrogen) atoms. The Morgan fingerprint density at radius 1 is 0.917 bits per heavy atom. The topological polar surface area (TPSA) is 67.9 Å². The Labute approximate surface area is 222 Å². The largest absolute Gasteiger partial charge is 0.493 e. The SMILES string of the molecule is CCCNC(=O)[C@H](Cc1ccccc1)N(Cc1c(Cl)cccc1Cl)C(=O)COc1ccccc1OC. The molecule has 0 heterocycles. The van der Waals surface area contributed by atoms with Gasteiger partial charge in [0.25, 0.3) is 5.91 Å². The van der Waals surface area contributed by atoms with Crippen molar-refractivity contribution in [1.82, 2.24) is 10.2 Å². The van der Waals surface area contributed by atoms with Crippen molar-refractivity contribution >= 4 is 35.0 Å². The van der Waals surface area contributed by atoms with Gasteiger partial charge in [0.1, 0.15) is 6.04 Å². The van der Waals surface area contributed by atoms with E-state index in [2.05, 4.69) is 5.32 Å². The number of hydrogen-bond donors (Lipinski definition) is 1. The second-order valence-electron chi connectivity index (χ2n) is 8.16. The normalized spacial score (nSPS) is 11.4. The highest BCUT2D eigenvalue weighted by molar-refractivity contribution is 6.36. The monoisotopic (exact) mass is 528 g/mol. The number of benzene rings is 3. The van der Waals surface area contributed by atoms with Crippen LogP contribution in [0.1, 0.15) is 24.5 Å². The van der Waals surface area contributed by atoms with E-state index in [1.54, 1.807) is 36.4 Å². The van der Waals surface area contributed by atoms with Crippen LogP contribution in [0, 0.1) is 0 Å². The van der Waals surface area contributed by atoms with Gasteiger partial charge >= 0.3 is 0 Å². The van der Waals surface area contributed by atoms with Crippen molar-refractivity contribution in [1.29, 1.82) is 0 Å². The fourth-order valence-corrected chi connectivity index (χ4v) is 4.25. The molecule has 2 amide bonds. The molecule has 0 unspecified atom stereocenters. The van der Waals surface area contributed by atoms with Gasteiger partial charge in [-0.05, 0) is 36.2 Å². The predicted molar refractivity (Wildman–Crippen MR) is 143 cm³/mol. The summed E-state index contributed by atoms with van der Waals surface area (Å²) in [5.41, 5.74) is 1.48. The van der Waals surface area contributed by atoms with Gasteiger partial charge in [-0.15, -0.1) is 0 Å². The van der Waals surface area contributed by atoms with Crippen LogP contribution in [0.2, 0.25) is 10.0 Å². The zero-order valence-corrected chi connectivity index (χ0v) is 21.9. The Balaban J connectivity index is 1.95. The smallest absolute Gasteiger partial charge is 0.261 e. The number of amides is 2. The fourth-order valence-electron chi connectivity index (χ4n) is 3.73. The standard InChI is InChI=1S/C28H30Cl2N2O4/c1-3-16-31-28(34)24(17-20-10-5-4-6-11-20)32(18-21-22(29)12-9-13-23(21)30)27(33)19-36-26-15-8-7-14-25(26)35-2/h4-15,24H,3,16-19H2,1-2H3,(H,31,34)/t24-/m0/s1. The molecule has 8 heteroatoms. The van der Waals surface area contributed by atoms with Crippen LogP contribution in [0.25, 0.3) is 0 Å². The molecule has 190 valence electrons. The van der Waals surface area contributed by atoms with Gasteiger partial charge in [-0.2, -0.15) is 0 Å². The van der Waals surface area contributed by atoms with E-state index in [0.29, 0.717) is 40.1 Å². The van der Waals surface area contributed by atoms with Crippen molar-refractivity contribution in [3.8, 4) is 11.5 Å². The first kappa shape index (κ1) is 27.4. The van der Waals surface area contributed by atoms with Crippen LogP contribution >= 0.6 is 23.2 Å². The van der Waals surface area contributed by atoms with Crippen molar-refractivity contribution in [3.05, 3.63) is 94.0 Å². The van der Waals surface area contributed by atoms with Crippen LogP contribution in [0.4, 0.5) is 0 Å². The van der Waals surface area contributed by atoms with E-state index in [9.17, 15) is 9.59 Å². The van der Waals surface area contributed by atoms with Gasteiger partial charge in [0, 0.05) is 35.1 Å². The van der Waals surface area contributed by atoms with Crippen molar-refractivity contribution < 1.29 is 19.1 Å². The molecule has 0 fully saturated rings. The average Bonchev–Trinajstić information content (AvgIpc) is 2.90. The number of halogens is 2. The molecule has 1 atom stereocenters. The quantitative estimate of drug-likeness (QED) is 0.334. The number of carbonyl (C=O) groups is 2. The first-order valence-corrected chi connectivity index (χ1v) is 12.5. The van der Waals surface area contributed by atoms with Crippen molar-refractivity contribution in [2.24, 2.45) is 0 Å². The van der Waals surface area contributed by atoms with Crippen molar-refractivity contribution in [3.63, 3.8) is 0 Å². The summed E-state index contributed by atoms with van der Waals surface area (Å²) in [6.07, 6.45) is 1.09. The van der Waals surface area contributed by atoms with E-state index in [1.807, 2.05) is 43.3 Å². The lowest BCUT2D eigenvalue weighted by Gasteiger charge is -2.32. The predicted octanol–water partition coefficient (Wildman–Crippen LogP) is 5.55. The third-order valence-electron chi connectivity index (χ3n) is 5.63. The highest BCUT2D eigenvalue weighted by Gasteiger charge is 2.31. The van der Waals surface area contributed by atoms with Crippen LogP contribution < -0.4 is 14.8 Å². The molecule has 3 rings (SSSR count). The van der Waals surface area contributed by atoms with Gasteiger partial charge in [0.2, 0.25) is 5.91 Å². The first-order chi connectivity index (χ1) is 17.4. The van der Waals surface area contributed by atoms with Gasteiger partial charge in [0.05, 0.1) is 7.11 Å². The van der Waals surface area contributed by atoms with Crippen LogP contribution in [0.15, 0.2) is 72.8 Å². The van der Waals surface area contributed by atoms with E-state index in [4.69, 9.17) is 32.7 Å². The molecule has 0 aliphatic rings. The summed E-state index contributed by atoms with van der Waals surface area (Å²) < 4.78 is 11.1. The third kappa shape index (κ3) is 7.39. The highest BCUT2D eigenvalue weighted by Crippen LogP contribution is 2.28. The third-order valence-corrected chi connectivity index (χ3v) is 6.34. The van der Waals surface area contributed by atoms with E-state index in [0.717, 1.165) is 12.0 Å². The van der Waals surface area contributed by atoms with Crippen LogP contribution in [-0.4, -0.2) is 43.0 Å². The number of para-hydroxylation sites is 2. The summed E-state index contributed by atoms with van der Waals surface area (Å²) in [4.78, 5) is 28.5. The molecular weight excluding hydrogens is 499 g/mol. The molecule has 0 aliphatic carbocycles. The van der Waals surface area contributed by atoms with Crippen LogP contribution in [0.3, 0.4) is 0 Å². The van der Waals surface area contributed by atoms with Crippen molar-refractivity contribution in [2.75, 3.05) is 20.3 Å². The minimum absolute atomic E-state index is 0.0453. The molecule has 0 bridgehead atoms. The Morgan fingerprint density at radius 2 is 1.56 bits per heavy atom. The van der Waals surface area contributed by atoms with Crippen LogP contribution in [0.5, 0.6) is 11.5 Å². The van der Waals surface area contributed by atoms with E-state index < -0.39 is 6.04 Å². The summed E-state index contributed by atoms with van der Waals surface area (Å²) in [5.74, 6) is 0.297. The summed E-state index contributed by atoms with van der Waals surface area (Å²) in [7, 11) is 1.53. The highest BCUT2D eigenvalue weighted by atomic mass is 35.5. The number of carbonyl (C=O) groups excluding carboxylic acids is 2. The molecule has 0 saturated carbocycles. The van der Waals surface area contributed by atoms with Gasteiger partial charge in [0.15, 0.2) is 18.1 Å². The zero-order valence-electron chi connectivity index (χ0n) is 20.4. The van der Waals surface area contributed by atoms with Gasteiger partial charge in [-0.3, -0.25) is 9.59 Å². The Morgan fingerprint density at radius 3 is 2.19 bits per heavy atom. The molecule has 0 saturated heterocycles. The van der Waals surface area contributed by atoms with E-state index in [1.165, 1.54) is 12.0 Å². The number of methoxy groups -OCH3 is 1. The van der Waals surface area contributed by atoms with Crippen LogP contribution in [-0.2, 0) is 22.6 Å².